The van der Waals surface area contributed by atoms with Crippen molar-refractivity contribution in [3.05, 3.63) is 66.6 Å². The molecule has 1 aliphatic rings. The molecule has 2 aromatic heterocycles. The molecule has 2 aromatic carbocycles. The van der Waals surface area contributed by atoms with Crippen LogP contribution in [0, 0.1) is 0 Å². The number of H-pyrrole nitrogens is 1. The largest absolute Gasteiger partial charge is 0.359 e. The quantitative estimate of drug-likeness (QED) is 0.467. The Balaban J connectivity index is 1.45. The van der Waals surface area contributed by atoms with Gasteiger partial charge in [-0.05, 0) is 54.7 Å². The van der Waals surface area contributed by atoms with Gasteiger partial charge in [0.25, 0.3) is 0 Å². The first-order valence-electron chi connectivity index (χ1n) is 10.3. The summed E-state index contributed by atoms with van der Waals surface area (Å²) in [4.78, 5) is 3.16. The molecule has 6 nitrogen and oxygen atoms in total. The van der Waals surface area contributed by atoms with Crippen molar-refractivity contribution in [3.63, 3.8) is 0 Å². The van der Waals surface area contributed by atoms with Gasteiger partial charge in [-0.2, -0.15) is 5.10 Å². The fourth-order valence-electron chi connectivity index (χ4n) is 3.80. The van der Waals surface area contributed by atoms with E-state index >= 15 is 0 Å². The van der Waals surface area contributed by atoms with Gasteiger partial charge >= 0.3 is 0 Å². The normalized spacial score (nSPS) is 14.7. The smallest absolute Gasteiger partial charge is 0.235 e. The number of benzene rings is 2. The molecule has 5 rings (SSSR count). The van der Waals surface area contributed by atoms with Crippen LogP contribution in [0.2, 0.25) is 0 Å². The Morgan fingerprint density at radius 3 is 2.63 bits per heavy atom. The lowest BCUT2D eigenvalue weighted by Crippen LogP contribution is -2.33. The number of hydrogen-bond donors (Lipinski definition) is 2. The fourth-order valence-corrected chi connectivity index (χ4v) is 5.40. The predicted octanol–water partition coefficient (Wildman–Crippen LogP) is 4.88. The number of aromatic nitrogens is 3. The highest BCUT2D eigenvalue weighted by molar-refractivity contribution is 7.93. The van der Waals surface area contributed by atoms with E-state index in [1.807, 2.05) is 35.3 Å². The molecule has 1 fully saturated rings. The minimum Gasteiger partial charge on any atom is -0.359 e. The molecule has 0 amide bonds. The second-order valence-corrected chi connectivity index (χ2v) is 9.82. The van der Waals surface area contributed by atoms with Crippen LogP contribution in [-0.2, 0) is 16.4 Å². The standard InChI is InChI=1S/C23H24N4O2S/c1-2-16-6-9-19(10-7-16)27-15-18(13-25-27)17-8-11-22-21(12-17)23(14-24-22)26-30(28,29)20-4-3-5-20/h6-15,20,24,26H,2-5H2,1H3. The first-order chi connectivity index (χ1) is 14.5. The van der Waals surface area contributed by atoms with E-state index in [-0.39, 0.29) is 5.25 Å². The lowest BCUT2D eigenvalue weighted by molar-refractivity contribution is 0.480. The zero-order valence-corrected chi connectivity index (χ0v) is 17.6. The predicted molar refractivity (Wildman–Crippen MR) is 120 cm³/mol. The average molecular weight is 421 g/mol. The van der Waals surface area contributed by atoms with E-state index in [0.29, 0.717) is 5.69 Å². The van der Waals surface area contributed by atoms with Crippen LogP contribution in [0.4, 0.5) is 5.69 Å². The summed E-state index contributed by atoms with van der Waals surface area (Å²) in [6, 6.07) is 14.4. The maximum Gasteiger partial charge on any atom is 0.235 e. The Bertz CT molecular complexity index is 1300. The second-order valence-electron chi connectivity index (χ2n) is 7.86. The number of aromatic amines is 1. The molecule has 4 aromatic rings. The Morgan fingerprint density at radius 1 is 1.13 bits per heavy atom. The molecule has 7 heteroatoms. The molecular formula is C23H24N4O2S. The average Bonchev–Trinajstić information content (AvgIpc) is 3.33. The molecule has 2 N–H and O–H groups in total. The van der Waals surface area contributed by atoms with Crippen molar-refractivity contribution in [1.29, 1.82) is 0 Å². The maximum absolute atomic E-state index is 12.5. The number of hydrogen-bond acceptors (Lipinski definition) is 3. The molecule has 0 bridgehead atoms. The highest BCUT2D eigenvalue weighted by Crippen LogP contribution is 2.32. The van der Waals surface area contributed by atoms with Crippen molar-refractivity contribution in [3.8, 4) is 16.8 Å². The molecule has 0 saturated heterocycles. The summed E-state index contributed by atoms with van der Waals surface area (Å²) in [7, 11) is -3.34. The summed E-state index contributed by atoms with van der Waals surface area (Å²) in [6.07, 6.45) is 9.02. The summed E-state index contributed by atoms with van der Waals surface area (Å²) in [5.74, 6) is 0. The van der Waals surface area contributed by atoms with Crippen molar-refractivity contribution in [2.45, 2.75) is 37.9 Å². The number of aryl methyl sites for hydroxylation is 1. The van der Waals surface area contributed by atoms with Crippen molar-refractivity contribution in [2.75, 3.05) is 4.72 Å². The van der Waals surface area contributed by atoms with E-state index in [9.17, 15) is 8.42 Å². The Hall–Kier alpha value is -3.06. The highest BCUT2D eigenvalue weighted by atomic mass is 32.2. The molecule has 2 heterocycles. The van der Waals surface area contributed by atoms with Gasteiger partial charge in [-0.15, -0.1) is 0 Å². The van der Waals surface area contributed by atoms with E-state index in [0.717, 1.165) is 53.4 Å². The van der Waals surface area contributed by atoms with E-state index in [1.54, 1.807) is 6.20 Å². The number of rotatable bonds is 6. The summed E-state index contributed by atoms with van der Waals surface area (Å²) in [5.41, 5.74) is 5.76. The molecule has 30 heavy (non-hydrogen) atoms. The minimum absolute atomic E-state index is 0.275. The van der Waals surface area contributed by atoms with Gasteiger partial charge in [-0.25, -0.2) is 13.1 Å². The number of nitrogens with one attached hydrogen (secondary N) is 2. The molecular weight excluding hydrogens is 396 g/mol. The number of anilines is 1. The summed E-state index contributed by atoms with van der Waals surface area (Å²) in [6.45, 7) is 2.14. The molecule has 1 saturated carbocycles. The van der Waals surface area contributed by atoms with Gasteiger partial charge in [0.1, 0.15) is 0 Å². The first kappa shape index (κ1) is 18.9. The zero-order valence-electron chi connectivity index (χ0n) is 16.8. The maximum atomic E-state index is 12.5. The first-order valence-corrected chi connectivity index (χ1v) is 11.9. The number of sulfonamides is 1. The van der Waals surface area contributed by atoms with Gasteiger partial charge in [0.05, 0.1) is 22.8 Å². The van der Waals surface area contributed by atoms with Crippen LogP contribution in [-0.4, -0.2) is 28.4 Å². The number of fused-ring (bicyclic) bond motifs is 1. The summed E-state index contributed by atoms with van der Waals surface area (Å²) >= 11 is 0. The van der Waals surface area contributed by atoms with Crippen LogP contribution in [0.25, 0.3) is 27.7 Å². The fraction of sp³-hybridized carbons (Fsp3) is 0.261. The van der Waals surface area contributed by atoms with Crippen molar-refractivity contribution in [2.24, 2.45) is 0 Å². The summed E-state index contributed by atoms with van der Waals surface area (Å²) < 4.78 is 29.7. The Kier molecular flexibility index (Phi) is 4.62. The molecule has 154 valence electrons. The summed E-state index contributed by atoms with van der Waals surface area (Å²) in [5, 5.41) is 5.09. The van der Waals surface area contributed by atoms with Gasteiger partial charge in [-0.1, -0.05) is 31.5 Å². The molecule has 0 radical (unpaired) electrons. The topological polar surface area (TPSA) is 79.8 Å². The van der Waals surface area contributed by atoms with Crippen LogP contribution in [0.1, 0.15) is 31.7 Å². The third kappa shape index (κ3) is 3.39. The van der Waals surface area contributed by atoms with Gasteiger partial charge in [0.2, 0.25) is 10.0 Å². The third-order valence-corrected chi connectivity index (χ3v) is 7.80. The molecule has 0 atom stereocenters. The highest BCUT2D eigenvalue weighted by Gasteiger charge is 2.31. The molecule has 0 aliphatic heterocycles. The van der Waals surface area contributed by atoms with E-state index in [1.165, 1.54) is 5.56 Å². The molecule has 1 aliphatic carbocycles. The molecule has 0 spiro atoms. The van der Waals surface area contributed by atoms with Crippen LogP contribution in [0.3, 0.4) is 0 Å². The SMILES string of the molecule is CCc1ccc(-n2cc(-c3ccc4[nH]cc(NS(=O)(=O)C5CCC5)c4c3)cn2)cc1. The van der Waals surface area contributed by atoms with Crippen LogP contribution in [0.5, 0.6) is 0 Å². The van der Waals surface area contributed by atoms with Crippen LogP contribution >= 0.6 is 0 Å². The van der Waals surface area contributed by atoms with Gasteiger partial charge in [-0.3, -0.25) is 4.72 Å². The van der Waals surface area contributed by atoms with Crippen molar-refractivity contribution >= 4 is 26.6 Å². The Labute approximate surface area is 176 Å². The van der Waals surface area contributed by atoms with Crippen molar-refractivity contribution in [1.82, 2.24) is 14.8 Å². The lowest BCUT2D eigenvalue weighted by atomic mass is 10.0. The minimum atomic E-state index is -3.34. The molecule has 0 unspecified atom stereocenters. The van der Waals surface area contributed by atoms with Crippen molar-refractivity contribution < 1.29 is 8.42 Å². The monoisotopic (exact) mass is 420 g/mol. The lowest BCUT2D eigenvalue weighted by Gasteiger charge is -2.25. The van der Waals surface area contributed by atoms with Gasteiger partial charge < -0.3 is 4.98 Å². The second kappa shape index (κ2) is 7.32. The van der Waals surface area contributed by atoms with E-state index in [2.05, 4.69) is 46.0 Å². The van der Waals surface area contributed by atoms with Crippen LogP contribution in [0.15, 0.2) is 61.1 Å². The van der Waals surface area contributed by atoms with Gasteiger partial charge in [0.15, 0.2) is 0 Å². The van der Waals surface area contributed by atoms with Crippen LogP contribution < -0.4 is 4.72 Å². The van der Waals surface area contributed by atoms with Gasteiger partial charge in [0, 0.05) is 28.9 Å². The van der Waals surface area contributed by atoms with E-state index in [4.69, 9.17) is 0 Å². The number of nitrogens with zero attached hydrogens (tertiary/aromatic N) is 2. The van der Waals surface area contributed by atoms with E-state index < -0.39 is 10.0 Å². The Morgan fingerprint density at radius 2 is 1.93 bits per heavy atom. The zero-order chi connectivity index (χ0) is 20.7. The third-order valence-electron chi connectivity index (χ3n) is 5.95.